The summed E-state index contributed by atoms with van der Waals surface area (Å²) in [6, 6.07) is 53.4. The van der Waals surface area contributed by atoms with Gasteiger partial charge >= 0.3 is 0 Å². The molecule has 3 aliphatic rings. The van der Waals surface area contributed by atoms with Gasteiger partial charge in [0, 0.05) is 45.8 Å². The van der Waals surface area contributed by atoms with E-state index >= 15 is 0 Å². The fourth-order valence-electron chi connectivity index (χ4n) is 14.0. The van der Waals surface area contributed by atoms with Crippen molar-refractivity contribution in [3.05, 3.63) is 156 Å². The number of hydrogen-bond acceptors (Lipinski definition) is 2. The highest BCUT2D eigenvalue weighted by atomic mass is 32.1. The van der Waals surface area contributed by atoms with E-state index in [2.05, 4.69) is 161 Å². The van der Waals surface area contributed by atoms with Crippen LogP contribution in [0.25, 0.3) is 84.9 Å². The van der Waals surface area contributed by atoms with Gasteiger partial charge in [-0.2, -0.15) is 0 Å². The van der Waals surface area contributed by atoms with Crippen molar-refractivity contribution in [2.45, 2.75) is 117 Å². The lowest BCUT2D eigenvalue weighted by molar-refractivity contribution is -0.0960. The zero-order valence-corrected chi connectivity index (χ0v) is 39.8. The Kier molecular flexibility index (Phi) is 9.85. The van der Waals surface area contributed by atoms with E-state index in [4.69, 9.17) is 0 Å². The Balaban J connectivity index is 1.03. The molecule has 2 heteroatoms. The second-order valence-corrected chi connectivity index (χ2v) is 22.3. The zero-order valence-electron chi connectivity index (χ0n) is 38.2. The van der Waals surface area contributed by atoms with Crippen LogP contribution in [0.1, 0.15) is 120 Å². The number of thiophene rings is 2. The van der Waals surface area contributed by atoms with Gasteiger partial charge < -0.3 is 0 Å². The van der Waals surface area contributed by atoms with E-state index in [1.54, 1.807) is 11.1 Å². The Hall–Kier alpha value is -5.02. The smallest absolute Gasteiger partial charge is 0.0361 e. The van der Waals surface area contributed by atoms with Gasteiger partial charge in [0.25, 0.3) is 0 Å². The average molecular weight is 869 g/mol. The van der Waals surface area contributed by atoms with Gasteiger partial charge in [-0.15, -0.1) is 22.7 Å². The van der Waals surface area contributed by atoms with Crippen LogP contribution >= 0.6 is 22.7 Å². The van der Waals surface area contributed by atoms with Crippen molar-refractivity contribution >= 4 is 63.0 Å². The van der Waals surface area contributed by atoms with Gasteiger partial charge in [0.05, 0.1) is 0 Å². The van der Waals surface area contributed by atoms with Crippen LogP contribution in [0.5, 0.6) is 0 Å². The Bertz CT molecular complexity index is 3230. The lowest BCUT2D eigenvalue weighted by Gasteiger charge is -2.67. The topological polar surface area (TPSA) is 0 Å². The summed E-state index contributed by atoms with van der Waals surface area (Å²) in [6.07, 6.45) is 17.0. The van der Waals surface area contributed by atoms with Crippen molar-refractivity contribution in [2.24, 2.45) is 10.8 Å². The molecule has 2 heterocycles. The molecule has 2 fully saturated rings. The Labute approximate surface area is 388 Å². The maximum atomic E-state index is 2.74. The molecule has 0 saturated heterocycles. The maximum Gasteiger partial charge on any atom is 0.0361 e. The van der Waals surface area contributed by atoms with Crippen molar-refractivity contribution in [2.75, 3.05) is 0 Å². The Morgan fingerprint density at radius 1 is 0.422 bits per heavy atom. The van der Waals surface area contributed by atoms with E-state index < -0.39 is 0 Å². The molecule has 3 aliphatic carbocycles. The molecule has 1 spiro atoms. The monoisotopic (exact) mass is 868 g/mol. The molecule has 9 aromatic rings. The van der Waals surface area contributed by atoms with E-state index in [-0.39, 0.29) is 16.2 Å². The summed E-state index contributed by atoms with van der Waals surface area (Å²) in [5.74, 6) is 0. The number of unbranched alkanes of at least 4 members (excludes halogenated alkanes) is 2. The minimum Gasteiger partial charge on any atom is -0.135 e. The second kappa shape index (κ2) is 15.6. The molecule has 64 heavy (non-hydrogen) atoms. The van der Waals surface area contributed by atoms with Gasteiger partial charge in [-0.05, 0) is 166 Å². The van der Waals surface area contributed by atoms with Gasteiger partial charge in [0.15, 0.2) is 0 Å². The number of aryl methyl sites for hydroxylation is 2. The number of fused-ring (bicyclic) bond motifs is 9. The van der Waals surface area contributed by atoms with Crippen LogP contribution in [-0.2, 0) is 11.8 Å². The van der Waals surface area contributed by atoms with Crippen LogP contribution in [0.3, 0.4) is 0 Å². The van der Waals surface area contributed by atoms with Crippen molar-refractivity contribution < 1.29 is 0 Å². The van der Waals surface area contributed by atoms with E-state index in [0.29, 0.717) is 0 Å². The van der Waals surface area contributed by atoms with Gasteiger partial charge in [-0.3, -0.25) is 0 Å². The van der Waals surface area contributed by atoms with Gasteiger partial charge in [0.1, 0.15) is 0 Å². The third-order valence-electron chi connectivity index (χ3n) is 16.8. The molecule has 0 unspecified atom stereocenters. The molecule has 0 aliphatic heterocycles. The van der Waals surface area contributed by atoms with Crippen LogP contribution < -0.4 is 0 Å². The fourth-order valence-corrected chi connectivity index (χ4v) is 16.4. The first kappa shape index (κ1) is 40.5. The molecule has 12 rings (SSSR count). The minimum absolute atomic E-state index is 0.00971. The highest BCUT2D eigenvalue weighted by Gasteiger charge is 2.69. The van der Waals surface area contributed by atoms with Crippen molar-refractivity contribution in [3.63, 3.8) is 0 Å². The van der Waals surface area contributed by atoms with Gasteiger partial charge in [-0.25, -0.2) is 0 Å². The average Bonchev–Trinajstić information content (AvgIpc) is 3.97. The molecule has 0 nitrogen and oxygen atoms in total. The molecule has 0 N–H and O–H groups in total. The van der Waals surface area contributed by atoms with Crippen LogP contribution in [0.4, 0.5) is 0 Å². The third-order valence-corrected chi connectivity index (χ3v) is 19.1. The summed E-state index contributed by atoms with van der Waals surface area (Å²) >= 11 is 3.91. The number of rotatable bonds is 10. The third kappa shape index (κ3) is 5.97. The Morgan fingerprint density at radius 2 is 0.812 bits per heavy atom. The highest BCUT2D eigenvalue weighted by molar-refractivity contribution is 7.26. The first-order valence-corrected chi connectivity index (χ1v) is 26.3. The van der Waals surface area contributed by atoms with Gasteiger partial charge in [-0.1, -0.05) is 156 Å². The molecule has 2 saturated carbocycles. The van der Waals surface area contributed by atoms with Crippen molar-refractivity contribution in [3.8, 4) is 44.5 Å². The van der Waals surface area contributed by atoms with E-state index in [0.717, 1.165) is 6.42 Å². The maximum absolute atomic E-state index is 2.74. The lowest BCUT2D eigenvalue weighted by Crippen LogP contribution is -2.62. The lowest BCUT2D eigenvalue weighted by atomic mass is 9.36. The van der Waals surface area contributed by atoms with Crippen LogP contribution in [0.2, 0.25) is 0 Å². The molecule has 0 amide bonds. The summed E-state index contributed by atoms with van der Waals surface area (Å²) < 4.78 is 5.54. The molecule has 0 atom stereocenters. The summed E-state index contributed by atoms with van der Waals surface area (Å²) in [5, 5.41) is 5.51. The molecule has 7 aromatic carbocycles. The van der Waals surface area contributed by atoms with Crippen molar-refractivity contribution in [1.29, 1.82) is 0 Å². The second-order valence-electron chi connectivity index (χ2n) is 20.1. The van der Waals surface area contributed by atoms with E-state index in [1.807, 2.05) is 22.7 Å². The Morgan fingerprint density at radius 3 is 1.27 bits per heavy atom. The molecular weight excluding hydrogens is 809 g/mol. The minimum atomic E-state index is -0.00971. The zero-order chi connectivity index (χ0) is 43.2. The first-order chi connectivity index (χ1) is 31.4. The summed E-state index contributed by atoms with van der Waals surface area (Å²) in [7, 11) is 0. The number of benzene rings is 7. The van der Waals surface area contributed by atoms with Crippen LogP contribution in [0, 0.1) is 17.8 Å². The predicted molar refractivity (Wildman–Crippen MR) is 280 cm³/mol. The van der Waals surface area contributed by atoms with E-state index in [9.17, 15) is 0 Å². The summed E-state index contributed by atoms with van der Waals surface area (Å²) in [6.45, 7) is 9.29. The largest absolute Gasteiger partial charge is 0.135 e. The van der Waals surface area contributed by atoms with Crippen LogP contribution in [-0.4, -0.2) is 0 Å². The summed E-state index contributed by atoms with van der Waals surface area (Å²) in [5.41, 5.74) is 17.6. The summed E-state index contributed by atoms with van der Waals surface area (Å²) in [4.78, 5) is 0. The molecule has 0 radical (unpaired) electrons. The molecule has 2 aromatic heterocycles. The van der Waals surface area contributed by atoms with Gasteiger partial charge in [0.2, 0.25) is 0 Å². The number of hydrogen-bond donors (Lipinski definition) is 0. The molecule has 2 bridgehead atoms. The standard InChI is InChI=1S/C62H60S2/c1-5-8-28-60-30-10-32-61(29-9-6-2,33-11-31-60)62(60)54-35-43(46-20-26-51-50-22-12-40(4)34-56(50)63-58(51)38-46)17-23-48(54)49-24-18-44(36-55(49)62)47-21-27-53-52-25-19-45(37-57(52)64-59(53)39-47)42-15-13-41(7-3)14-16-42/h12-27,34-39H,5-11,28-33H2,1-4H3. The predicted octanol–water partition coefficient (Wildman–Crippen LogP) is 19.3. The normalized spacial score (nSPS) is 21.4. The van der Waals surface area contributed by atoms with E-state index in [1.165, 1.54) is 173 Å². The highest BCUT2D eigenvalue weighted by Crippen LogP contribution is 2.77. The van der Waals surface area contributed by atoms with Crippen LogP contribution in [0.15, 0.2) is 133 Å². The first-order valence-electron chi connectivity index (χ1n) is 24.7. The quantitative estimate of drug-likeness (QED) is 0.128. The van der Waals surface area contributed by atoms with Crippen molar-refractivity contribution in [1.82, 2.24) is 0 Å². The fraction of sp³-hybridized carbons (Fsp3) is 0.323. The SMILES string of the molecule is CCCCC12CCCC(CCCC)(CCC1)C21c2cc(-c3ccc4c(c3)sc3cc(C)ccc34)ccc2-c2ccc(-c3ccc4c(c3)sc3cc(-c5ccc(CC)cc5)ccc34)cc21. The molecular formula is C62H60S2. The molecule has 320 valence electrons.